The maximum absolute atomic E-state index is 12.3. The van der Waals surface area contributed by atoms with Gasteiger partial charge in [-0.25, -0.2) is 0 Å². The van der Waals surface area contributed by atoms with Crippen molar-refractivity contribution in [2.24, 2.45) is 0 Å². The topological polar surface area (TPSA) is 100 Å². The van der Waals surface area contributed by atoms with Crippen LogP contribution in [0, 0.1) is 22.7 Å². The molecule has 0 bridgehead atoms. The molecular formula is C15H7F3N2O4S. The Bertz CT molecular complexity index is 957. The van der Waals surface area contributed by atoms with E-state index in [1.165, 1.54) is 30.3 Å². The summed E-state index contributed by atoms with van der Waals surface area (Å²) in [6.45, 7) is 0. The van der Waals surface area contributed by atoms with Crippen molar-refractivity contribution in [1.82, 2.24) is 0 Å². The molecule has 0 aliphatic heterocycles. The Morgan fingerprint density at radius 3 is 1.96 bits per heavy atom. The minimum absolute atomic E-state index is 0.0474. The van der Waals surface area contributed by atoms with Crippen LogP contribution in [0.1, 0.15) is 11.1 Å². The molecule has 10 heteroatoms. The van der Waals surface area contributed by atoms with Gasteiger partial charge in [0.2, 0.25) is 0 Å². The van der Waals surface area contributed by atoms with Gasteiger partial charge in [-0.05, 0) is 30.3 Å². The van der Waals surface area contributed by atoms with Crippen molar-refractivity contribution < 1.29 is 30.5 Å². The summed E-state index contributed by atoms with van der Waals surface area (Å²) in [4.78, 5) is 0. The average Bonchev–Trinajstić information content (AvgIpc) is 2.53. The van der Waals surface area contributed by atoms with Gasteiger partial charge < -0.3 is 8.92 Å². The molecule has 0 heterocycles. The van der Waals surface area contributed by atoms with E-state index in [0.717, 1.165) is 12.1 Å². The maximum atomic E-state index is 12.3. The number of nitrogens with zero attached hydrogens (tertiary/aromatic N) is 2. The summed E-state index contributed by atoms with van der Waals surface area (Å²) < 4.78 is 68.3. The molecule has 0 radical (unpaired) electrons. The van der Waals surface area contributed by atoms with Gasteiger partial charge in [-0.2, -0.15) is 32.1 Å². The van der Waals surface area contributed by atoms with E-state index in [2.05, 4.69) is 4.18 Å². The van der Waals surface area contributed by atoms with Crippen molar-refractivity contribution in [2.75, 3.05) is 0 Å². The van der Waals surface area contributed by atoms with E-state index < -0.39 is 21.4 Å². The molecule has 0 amide bonds. The third-order valence-corrected chi connectivity index (χ3v) is 3.67. The van der Waals surface area contributed by atoms with E-state index in [1.54, 1.807) is 0 Å². The first kappa shape index (κ1) is 18.1. The molecule has 2 aromatic carbocycles. The van der Waals surface area contributed by atoms with Crippen LogP contribution in [0.4, 0.5) is 13.2 Å². The Morgan fingerprint density at radius 2 is 1.44 bits per heavy atom. The highest BCUT2D eigenvalue weighted by atomic mass is 32.2. The Hall–Kier alpha value is -3.24. The number of hydrogen-bond acceptors (Lipinski definition) is 6. The largest absolute Gasteiger partial charge is 0.534 e. The van der Waals surface area contributed by atoms with Crippen LogP contribution in [-0.4, -0.2) is 13.9 Å². The summed E-state index contributed by atoms with van der Waals surface area (Å²) in [6, 6.07) is 12.1. The Labute approximate surface area is 140 Å². The van der Waals surface area contributed by atoms with Crippen molar-refractivity contribution in [3.05, 3.63) is 53.6 Å². The van der Waals surface area contributed by atoms with Gasteiger partial charge in [0.05, 0.1) is 23.3 Å². The lowest BCUT2D eigenvalue weighted by molar-refractivity contribution is -0.0500. The minimum atomic E-state index is -5.80. The van der Waals surface area contributed by atoms with E-state index >= 15 is 0 Å². The zero-order valence-electron chi connectivity index (χ0n) is 12.1. The number of nitriles is 2. The molecule has 2 rings (SSSR count). The first-order valence-electron chi connectivity index (χ1n) is 6.38. The normalized spacial score (nSPS) is 11.2. The lowest BCUT2D eigenvalue weighted by Gasteiger charge is -2.11. The molecule has 0 unspecified atom stereocenters. The Kier molecular flexibility index (Phi) is 4.86. The van der Waals surface area contributed by atoms with E-state index in [0.29, 0.717) is 0 Å². The van der Waals surface area contributed by atoms with E-state index in [4.69, 9.17) is 15.3 Å². The molecule has 0 spiro atoms. The third-order valence-electron chi connectivity index (χ3n) is 2.70. The zero-order chi connectivity index (χ0) is 18.7. The van der Waals surface area contributed by atoms with Crippen LogP contribution in [0.15, 0.2) is 42.5 Å². The molecule has 0 aliphatic rings. The molecule has 2 aromatic rings. The highest BCUT2D eigenvalue weighted by molar-refractivity contribution is 7.88. The average molecular weight is 368 g/mol. The van der Waals surface area contributed by atoms with Gasteiger partial charge in [-0.1, -0.05) is 6.07 Å². The summed E-state index contributed by atoms with van der Waals surface area (Å²) in [7, 11) is -5.80. The van der Waals surface area contributed by atoms with Crippen LogP contribution in [0.5, 0.6) is 17.2 Å². The molecule has 6 nitrogen and oxygen atoms in total. The van der Waals surface area contributed by atoms with Gasteiger partial charge >= 0.3 is 15.6 Å². The van der Waals surface area contributed by atoms with Crippen LogP contribution in [-0.2, 0) is 10.1 Å². The number of halogens is 3. The van der Waals surface area contributed by atoms with Gasteiger partial charge in [0.25, 0.3) is 0 Å². The second kappa shape index (κ2) is 6.71. The van der Waals surface area contributed by atoms with Crippen LogP contribution >= 0.6 is 0 Å². The first-order chi connectivity index (χ1) is 11.6. The number of hydrogen-bond donors (Lipinski definition) is 0. The minimum Gasteiger partial charge on any atom is -0.457 e. The lowest BCUT2D eigenvalue weighted by atomic mass is 10.1. The van der Waals surface area contributed by atoms with Crippen molar-refractivity contribution in [1.29, 1.82) is 10.5 Å². The summed E-state index contributed by atoms with van der Waals surface area (Å²) in [5, 5.41) is 17.8. The molecule has 0 N–H and O–H groups in total. The molecule has 0 fully saturated rings. The van der Waals surface area contributed by atoms with Gasteiger partial charge in [0.1, 0.15) is 17.2 Å². The van der Waals surface area contributed by atoms with Gasteiger partial charge in [0.15, 0.2) is 0 Å². The monoisotopic (exact) mass is 368 g/mol. The lowest BCUT2D eigenvalue weighted by Crippen LogP contribution is -2.28. The second-order valence-electron chi connectivity index (χ2n) is 4.53. The van der Waals surface area contributed by atoms with Crippen molar-refractivity contribution in [3.63, 3.8) is 0 Å². The standard InChI is InChI=1S/C15H7F3N2O4S/c16-15(17,18)25(21,22)24-13-3-1-2-12(7-13)23-14-5-10(8-19)4-11(6-14)9-20/h1-7H. The fraction of sp³-hybridized carbons (Fsp3) is 0.0667. The molecule has 25 heavy (non-hydrogen) atoms. The molecule has 0 saturated carbocycles. The van der Waals surface area contributed by atoms with Crippen molar-refractivity contribution in [2.45, 2.75) is 5.51 Å². The van der Waals surface area contributed by atoms with Gasteiger partial charge in [-0.15, -0.1) is 0 Å². The second-order valence-corrected chi connectivity index (χ2v) is 6.07. The van der Waals surface area contributed by atoms with Crippen molar-refractivity contribution >= 4 is 10.1 Å². The predicted molar refractivity (Wildman–Crippen MR) is 78.0 cm³/mol. The smallest absolute Gasteiger partial charge is 0.457 e. The van der Waals surface area contributed by atoms with Crippen LogP contribution < -0.4 is 8.92 Å². The van der Waals surface area contributed by atoms with Crippen LogP contribution in [0.2, 0.25) is 0 Å². The van der Waals surface area contributed by atoms with E-state index in [9.17, 15) is 21.6 Å². The maximum Gasteiger partial charge on any atom is 0.534 e. The predicted octanol–water partition coefficient (Wildman–Crippen LogP) is 3.45. The number of ether oxygens (including phenoxy) is 1. The molecule has 0 saturated heterocycles. The summed E-state index contributed by atoms with van der Waals surface area (Å²) in [5.74, 6) is -0.577. The first-order valence-corrected chi connectivity index (χ1v) is 7.79. The number of rotatable bonds is 4. The fourth-order valence-electron chi connectivity index (χ4n) is 1.69. The molecular weight excluding hydrogens is 361 g/mol. The zero-order valence-corrected chi connectivity index (χ0v) is 12.9. The number of alkyl halides is 3. The quantitative estimate of drug-likeness (QED) is 0.605. The fourth-order valence-corrected chi connectivity index (χ4v) is 2.14. The highest BCUT2D eigenvalue weighted by Crippen LogP contribution is 2.30. The van der Waals surface area contributed by atoms with Crippen molar-refractivity contribution in [3.8, 4) is 29.4 Å². The molecule has 0 atom stereocenters. The van der Waals surface area contributed by atoms with Crippen LogP contribution in [0.25, 0.3) is 0 Å². The summed E-state index contributed by atoms with van der Waals surface area (Å²) >= 11 is 0. The third kappa shape index (κ3) is 4.40. The van der Waals surface area contributed by atoms with Gasteiger partial charge in [0, 0.05) is 6.07 Å². The van der Waals surface area contributed by atoms with Crippen LogP contribution in [0.3, 0.4) is 0 Å². The summed E-state index contributed by atoms with van der Waals surface area (Å²) in [6.07, 6.45) is 0. The SMILES string of the molecule is N#Cc1cc(C#N)cc(Oc2cccc(OS(=O)(=O)C(F)(F)F)c2)c1. The Morgan fingerprint density at radius 1 is 0.880 bits per heavy atom. The number of benzene rings is 2. The van der Waals surface area contributed by atoms with Gasteiger partial charge in [-0.3, -0.25) is 0 Å². The molecule has 0 aliphatic carbocycles. The molecule has 128 valence electrons. The van der Waals surface area contributed by atoms with E-state index in [-0.39, 0.29) is 22.6 Å². The Balaban J connectivity index is 2.29. The van der Waals surface area contributed by atoms with E-state index in [1.807, 2.05) is 12.1 Å². The summed E-state index contributed by atoms with van der Waals surface area (Å²) in [5.41, 5.74) is -5.28. The molecule has 0 aromatic heterocycles. The highest BCUT2D eigenvalue weighted by Gasteiger charge is 2.48.